The number of carbonyl (C=O) groups excluding carboxylic acids is 1. The highest BCUT2D eigenvalue weighted by Gasteiger charge is 2.29. The molecule has 0 heterocycles. The summed E-state index contributed by atoms with van der Waals surface area (Å²) in [6.07, 6.45) is 6.37. The largest absolute Gasteiger partial charge is 0.475 e. The van der Waals surface area contributed by atoms with Crippen molar-refractivity contribution in [2.45, 2.75) is 18.4 Å². The van der Waals surface area contributed by atoms with E-state index in [1.54, 1.807) is 18.2 Å². The molecule has 0 aromatic carbocycles. The standard InChI is InChI=1S/C9H10O4/c10-7(8(11)12)6-9(13)4-2-1-3-5-9/h1-4,13H,5-6H2,(H,11,12). The van der Waals surface area contributed by atoms with Gasteiger partial charge in [-0.05, 0) is 6.42 Å². The Morgan fingerprint density at radius 2 is 2.08 bits per heavy atom. The van der Waals surface area contributed by atoms with Crippen LogP contribution in [0.25, 0.3) is 0 Å². The number of aliphatic hydroxyl groups is 1. The number of allylic oxidation sites excluding steroid dienone is 2. The number of carbonyl (C=O) groups is 2. The van der Waals surface area contributed by atoms with Crippen molar-refractivity contribution in [3.63, 3.8) is 0 Å². The maximum absolute atomic E-state index is 10.8. The highest BCUT2D eigenvalue weighted by Crippen LogP contribution is 2.21. The quantitative estimate of drug-likeness (QED) is 0.614. The van der Waals surface area contributed by atoms with Gasteiger partial charge in [0.2, 0.25) is 5.78 Å². The van der Waals surface area contributed by atoms with E-state index >= 15 is 0 Å². The summed E-state index contributed by atoms with van der Waals surface area (Å²) in [5.74, 6) is -2.47. The maximum atomic E-state index is 10.8. The zero-order valence-corrected chi connectivity index (χ0v) is 6.93. The van der Waals surface area contributed by atoms with E-state index in [1.807, 2.05) is 0 Å². The van der Waals surface area contributed by atoms with Gasteiger partial charge >= 0.3 is 5.97 Å². The molecule has 0 fully saturated rings. The summed E-state index contributed by atoms with van der Waals surface area (Å²) >= 11 is 0. The van der Waals surface area contributed by atoms with Gasteiger partial charge in [-0.15, -0.1) is 0 Å². The summed E-state index contributed by atoms with van der Waals surface area (Å²) in [6, 6.07) is 0. The van der Waals surface area contributed by atoms with Gasteiger partial charge in [-0.1, -0.05) is 24.3 Å². The van der Waals surface area contributed by atoms with Crippen LogP contribution >= 0.6 is 0 Å². The molecule has 0 bridgehead atoms. The molecule has 0 spiro atoms. The van der Waals surface area contributed by atoms with Crippen LogP contribution < -0.4 is 0 Å². The van der Waals surface area contributed by atoms with Gasteiger partial charge in [-0.25, -0.2) is 4.79 Å². The average Bonchev–Trinajstić information content (AvgIpc) is 2.04. The van der Waals surface area contributed by atoms with Gasteiger partial charge in [0, 0.05) is 0 Å². The maximum Gasteiger partial charge on any atom is 0.372 e. The summed E-state index contributed by atoms with van der Waals surface area (Å²) < 4.78 is 0. The van der Waals surface area contributed by atoms with E-state index in [-0.39, 0.29) is 12.8 Å². The number of carboxylic acid groups (broad SMARTS) is 1. The Morgan fingerprint density at radius 3 is 2.54 bits per heavy atom. The molecule has 1 aliphatic carbocycles. The number of hydrogen-bond donors (Lipinski definition) is 2. The van der Waals surface area contributed by atoms with E-state index in [1.165, 1.54) is 6.08 Å². The Hall–Kier alpha value is -1.42. The van der Waals surface area contributed by atoms with Crippen LogP contribution in [0, 0.1) is 0 Å². The molecule has 0 aliphatic heterocycles. The second-order valence-corrected chi connectivity index (χ2v) is 3.00. The van der Waals surface area contributed by atoms with Crippen molar-refractivity contribution in [1.82, 2.24) is 0 Å². The lowest BCUT2D eigenvalue weighted by Gasteiger charge is -2.22. The molecule has 1 aliphatic rings. The molecule has 0 saturated heterocycles. The lowest BCUT2D eigenvalue weighted by Crippen LogP contribution is -2.32. The van der Waals surface area contributed by atoms with Crippen molar-refractivity contribution in [2.24, 2.45) is 0 Å². The molecule has 0 radical (unpaired) electrons. The molecule has 1 atom stereocenters. The highest BCUT2D eigenvalue weighted by molar-refractivity contribution is 6.32. The minimum atomic E-state index is -1.50. The molecule has 2 N–H and O–H groups in total. The Balaban J connectivity index is 2.63. The van der Waals surface area contributed by atoms with E-state index in [9.17, 15) is 14.7 Å². The zero-order valence-electron chi connectivity index (χ0n) is 6.93. The second-order valence-electron chi connectivity index (χ2n) is 3.00. The predicted molar refractivity (Wildman–Crippen MR) is 45.1 cm³/mol. The highest BCUT2D eigenvalue weighted by atomic mass is 16.4. The van der Waals surface area contributed by atoms with Crippen LogP contribution in [-0.2, 0) is 9.59 Å². The first-order valence-electron chi connectivity index (χ1n) is 3.86. The van der Waals surface area contributed by atoms with Gasteiger partial charge in [0.1, 0.15) is 0 Å². The number of carboxylic acids is 1. The van der Waals surface area contributed by atoms with Crippen LogP contribution in [0.2, 0.25) is 0 Å². The van der Waals surface area contributed by atoms with Crippen LogP contribution in [0.3, 0.4) is 0 Å². The molecular formula is C9H10O4. The van der Waals surface area contributed by atoms with E-state index in [0.29, 0.717) is 0 Å². The molecule has 1 rings (SSSR count). The van der Waals surface area contributed by atoms with Crippen molar-refractivity contribution in [3.05, 3.63) is 24.3 Å². The SMILES string of the molecule is O=C(O)C(=O)CC1(O)C=CC=CC1. The Labute approximate surface area is 75.2 Å². The summed E-state index contributed by atoms with van der Waals surface area (Å²) in [5, 5.41) is 18.0. The molecule has 4 nitrogen and oxygen atoms in total. The summed E-state index contributed by atoms with van der Waals surface area (Å²) in [5.41, 5.74) is -1.32. The van der Waals surface area contributed by atoms with Crippen molar-refractivity contribution in [2.75, 3.05) is 0 Å². The Bertz CT molecular complexity index is 290. The molecular weight excluding hydrogens is 172 g/mol. The van der Waals surface area contributed by atoms with E-state index in [4.69, 9.17) is 5.11 Å². The fourth-order valence-electron chi connectivity index (χ4n) is 1.14. The van der Waals surface area contributed by atoms with Gasteiger partial charge in [-0.3, -0.25) is 4.79 Å². The second kappa shape index (κ2) is 3.53. The van der Waals surface area contributed by atoms with Crippen molar-refractivity contribution in [1.29, 1.82) is 0 Å². The van der Waals surface area contributed by atoms with Gasteiger partial charge in [0.15, 0.2) is 0 Å². The van der Waals surface area contributed by atoms with E-state index in [0.717, 1.165) is 0 Å². The molecule has 0 aromatic heterocycles. The van der Waals surface area contributed by atoms with Crippen LogP contribution in [0.15, 0.2) is 24.3 Å². The molecule has 0 aromatic rings. The number of rotatable bonds is 3. The lowest BCUT2D eigenvalue weighted by molar-refractivity contribution is -0.150. The van der Waals surface area contributed by atoms with E-state index in [2.05, 4.69) is 0 Å². The molecule has 13 heavy (non-hydrogen) atoms. The van der Waals surface area contributed by atoms with Crippen molar-refractivity contribution in [3.8, 4) is 0 Å². The zero-order chi connectivity index (χ0) is 9.90. The molecule has 0 amide bonds. The molecule has 4 heteroatoms. The Morgan fingerprint density at radius 1 is 1.38 bits per heavy atom. The smallest absolute Gasteiger partial charge is 0.372 e. The molecule has 0 saturated carbocycles. The summed E-state index contributed by atoms with van der Waals surface area (Å²) in [7, 11) is 0. The number of Topliss-reactive ketones (excluding diaryl/α,β-unsaturated/α-hetero) is 1. The first kappa shape index (κ1) is 9.67. The van der Waals surface area contributed by atoms with Crippen LogP contribution in [0.1, 0.15) is 12.8 Å². The van der Waals surface area contributed by atoms with E-state index < -0.39 is 17.4 Å². The minimum absolute atomic E-state index is 0.280. The first-order chi connectivity index (χ1) is 6.03. The minimum Gasteiger partial charge on any atom is -0.475 e. The monoisotopic (exact) mass is 182 g/mol. The third kappa shape index (κ3) is 2.52. The number of hydrogen-bond acceptors (Lipinski definition) is 3. The van der Waals surface area contributed by atoms with Crippen LogP contribution in [0.4, 0.5) is 0 Å². The number of ketones is 1. The third-order valence-corrected chi connectivity index (χ3v) is 1.83. The normalized spacial score (nSPS) is 25.9. The fraction of sp³-hybridized carbons (Fsp3) is 0.333. The van der Waals surface area contributed by atoms with Gasteiger partial charge in [0.25, 0.3) is 0 Å². The summed E-state index contributed by atoms with van der Waals surface area (Å²) in [6.45, 7) is 0. The van der Waals surface area contributed by atoms with Crippen LogP contribution in [-0.4, -0.2) is 27.6 Å². The topological polar surface area (TPSA) is 74.6 Å². The van der Waals surface area contributed by atoms with Gasteiger partial charge in [-0.2, -0.15) is 0 Å². The summed E-state index contributed by atoms with van der Waals surface area (Å²) in [4.78, 5) is 21.0. The van der Waals surface area contributed by atoms with Crippen LogP contribution in [0.5, 0.6) is 0 Å². The molecule has 1 unspecified atom stereocenters. The lowest BCUT2D eigenvalue weighted by atomic mass is 9.90. The van der Waals surface area contributed by atoms with Crippen molar-refractivity contribution >= 4 is 11.8 Å². The molecule has 70 valence electrons. The number of aliphatic carboxylic acids is 1. The average molecular weight is 182 g/mol. The van der Waals surface area contributed by atoms with Gasteiger partial charge in [0.05, 0.1) is 12.0 Å². The predicted octanol–water partition coefficient (Wildman–Crippen LogP) is 0.277. The first-order valence-corrected chi connectivity index (χ1v) is 3.86. The fourth-order valence-corrected chi connectivity index (χ4v) is 1.14. The third-order valence-electron chi connectivity index (χ3n) is 1.83. The Kier molecular flexibility index (Phi) is 2.63. The van der Waals surface area contributed by atoms with Gasteiger partial charge < -0.3 is 10.2 Å². The van der Waals surface area contributed by atoms with Crippen molar-refractivity contribution < 1.29 is 19.8 Å².